The Kier molecular flexibility index (Phi) is 3.30. The molecule has 0 atom stereocenters. The van der Waals surface area contributed by atoms with Crippen LogP contribution >= 0.6 is 31.9 Å². The number of hydrogen-bond acceptors (Lipinski definition) is 3. The fraction of sp³-hybridized carbons (Fsp3) is 0. The number of rotatable bonds is 2. The molecule has 17 heavy (non-hydrogen) atoms. The van der Waals surface area contributed by atoms with Gasteiger partial charge in [0.25, 0.3) is 5.69 Å². The molecule has 0 amide bonds. The van der Waals surface area contributed by atoms with Crippen LogP contribution in [-0.4, -0.2) is 4.92 Å². The average Bonchev–Trinajstić information content (AvgIpc) is 2.78. The Morgan fingerprint density at radius 2 is 2.12 bits per heavy atom. The molecule has 2 rings (SSSR count). The molecule has 0 bridgehead atoms. The number of halogens is 3. The van der Waals surface area contributed by atoms with E-state index in [-0.39, 0.29) is 26.0 Å². The molecule has 0 aliphatic rings. The van der Waals surface area contributed by atoms with Gasteiger partial charge >= 0.3 is 0 Å². The maximum atomic E-state index is 13.7. The molecule has 7 heteroatoms. The molecule has 2 aromatic rings. The van der Waals surface area contributed by atoms with Gasteiger partial charge in [0.05, 0.1) is 20.1 Å². The van der Waals surface area contributed by atoms with Crippen LogP contribution < -0.4 is 0 Å². The van der Waals surface area contributed by atoms with E-state index in [0.29, 0.717) is 0 Å². The number of nitrogens with zero attached hydrogens (tertiary/aromatic N) is 1. The van der Waals surface area contributed by atoms with Crippen LogP contribution in [0, 0.1) is 15.9 Å². The summed E-state index contributed by atoms with van der Waals surface area (Å²) in [4.78, 5) is 10.3. The Morgan fingerprint density at radius 1 is 1.41 bits per heavy atom. The van der Waals surface area contributed by atoms with E-state index in [1.165, 1.54) is 12.3 Å². The monoisotopic (exact) mass is 363 g/mol. The molecule has 0 saturated carbocycles. The molecule has 0 fully saturated rings. The largest absolute Gasteiger partial charge is 0.464 e. The zero-order valence-corrected chi connectivity index (χ0v) is 11.3. The maximum absolute atomic E-state index is 13.7. The summed E-state index contributed by atoms with van der Waals surface area (Å²) in [6.07, 6.45) is 1.37. The van der Waals surface area contributed by atoms with Crippen LogP contribution in [0.5, 0.6) is 0 Å². The molecular weight excluding hydrogens is 361 g/mol. The van der Waals surface area contributed by atoms with Gasteiger partial charge in [-0.05, 0) is 44.0 Å². The van der Waals surface area contributed by atoms with E-state index >= 15 is 0 Å². The second kappa shape index (κ2) is 4.58. The van der Waals surface area contributed by atoms with E-state index in [1.807, 2.05) is 0 Å². The van der Waals surface area contributed by atoms with Crippen LogP contribution in [0.4, 0.5) is 10.1 Å². The van der Waals surface area contributed by atoms with Crippen LogP contribution in [0.3, 0.4) is 0 Å². The van der Waals surface area contributed by atoms with Crippen molar-refractivity contribution in [2.75, 3.05) is 0 Å². The number of nitro benzene ring substituents is 1. The quantitative estimate of drug-likeness (QED) is 0.447. The minimum atomic E-state index is -0.609. The molecule has 1 aromatic heterocycles. The van der Waals surface area contributed by atoms with Crippen molar-refractivity contribution in [3.8, 4) is 11.3 Å². The minimum Gasteiger partial charge on any atom is -0.464 e. The zero-order valence-electron chi connectivity index (χ0n) is 8.12. The van der Waals surface area contributed by atoms with E-state index in [0.717, 1.165) is 6.07 Å². The second-order valence-electron chi connectivity index (χ2n) is 3.11. The number of nitro groups is 1. The Labute approximate surface area is 112 Å². The summed E-state index contributed by atoms with van der Waals surface area (Å²) in [5.41, 5.74) is -0.152. The Hall–Kier alpha value is -1.21. The summed E-state index contributed by atoms with van der Waals surface area (Å²) >= 11 is 5.92. The standard InChI is InChI=1S/C10H4Br2FNO3/c11-5-4-6(14(15)16)8(9(12)10(5)13)7-2-1-3-17-7/h1-4H. The fourth-order valence-corrected chi connectivity index (χ4v) is 2.68. The first-order valence-electron chi connectivity index (χ1n) is 4.38. The highest BCUT2D eigenvalue weighted by molar-refractivity contribution is 9.11. The number of benzene rings is 1. The van der Waals surface area contributed by atoms with Crippen molar-refractivity contribution in [2.24, 2.45) is 0 Å². The predicted octanol–water partition coefficient (Wildman–Crippen LogP) is 4.52. The summed E-state index contributed by atoms with van der Waals surface area (Å²) < 4.78 is 18.8. The molecule has 0 aliphatic heterocycles. The van der Waals surface area contributed by atoms with Crippen molar-refractivity contribution in [3.05, 3.63) is 49.3 Å². The van der Waals surface area contributed by atoms with Gasteiger partial charge in [0, 0.05) is 6.07 Å². The van der Waals surface area contributed by atoms with Crippen LogP contribution in [0.1, 0.15) is 0 Å². The fourth-order valence-electron chi connectivity index (χ4n) is 1.38. The topological polar surface area (TPSA) is 56.3 Å². The molecule has 0 spiro atoms. The van der Waals surface area contributed by atoms with Crippen molar-refractivity contribution < 1.29 is 13.7 Å². The molecule has 0 unspecified atom stereocenters. The molecule has 0 radical (unpaired) electrons. The molecule has 1 heterocycles. The second-order valence-corrected chi connectivity index (χ2v) is 4.76. The first kappa shape index (κ1) is 12.3. The Bertz CT molecular complexity index is 584. The van der Waals surface area contributed by atoms with E-state index in [4.69, 9.17) is 4.42 Å². The molecule has 0 N–H and O–H groups in total. The van der Waals surface area contributed by atoms with Gasteiger partial charge in [0.15, 0.2) is 5.82 Å². The van der Waals surface area contributed by atoms with Crippen LogP contribution in [0.2, 0.25) is 0 Å². The summed E-state index contributed by atoms with van der Waals surface area (Å²) in [6, 6.07) is 4.21. The zero-order chi connectivity index (χ0) is 12.6. The smallest absolute Gasteiger partial charge is 0.282 e. The third-order valence-electron chi connectivity index (χ3n) is 2.11. The van der Waals surface area contributed by atoms with E-state index in [2.05, 4.69) is 31.9 Å². The highest BCUT2D eigenvalue weighted by atomic mass is 79.9. The highest BCUT2D eigenvalue weighted by Gasteiger charge is 2.25. The van der Waals surface area contributed by atoms with Gasteiger partial charge in [-0.1, -0.05) is 0 Å². The van der Waals surface area contributed by atoms with Crippen molar-refractivity contribution in [3.63, 3.8) is 0 Å². The van der Waals surface area contributed by atoms with Gasteiger partial charge in [-0.15, -0.1) is 0 Å². The van der Waals surface area contributed by atoms with Gasteiger partial charge in [-0.2, -0.15) is 0 Å². The SMILES string of the molecule is O=[N+]([O-])c1cc(Br)c(F)c(Br)c1-c1ccco1. The van der Waals surface area contributed by atoms with Gasteiger partial charge in [-0.25, -0.2) is 4.39 Å². The summed E-state index contributed by atoms with van der Waals surface area (Å²) in [7, 11) is 0. The first-order valence-corrected chi connectivity index (χ1v) is 5.96. The summed E-state index contributed by atoms with van der Waals surface area (Å²) in [6.45, 7) is 0. The van der Waals surface area contributed by atoms with Crippen LogP contribution in [0.25, 0.3) is 11.3 Å². The van der Waals surface area contributed by atoms with Crippen molar-refractivity contribution in [1.29, 1.82) is 0 Å². The molecule has 88 valence electrons. The normalized spacial score (nSPS) is 10.5. The maximum Gasteiger partial charge on any atom is 0.282 e. The summed E-state index contributed by atoms with van der Waals surface area (Å²) in [5.74, 6) is -0.378. The predicted molar refractivity (Wildman–Crippen MR) is 66.2 cm³/mol. The molecule has 1 aromatic carbocycles. The van der Waals surface area contributed by atoms with E-state index in [1.54, 1.807) is 6.07 Å². The van der Waals surface area contributed by atoms with Crippen molar-refractivity contribution in [1.82, 2.24) is 0 Å². The van der Waals surface area contributed by atoms with E-state index < -0.39 is 10.7 Å². The lowest BCUT2D eigenvalue weighted by Crippen LogP contribution is -1.95. The molecular formula is C10H4Br2FNO3. The summed E-state index contributed by atoms with van der Waals surface area (Å²) in [5, 5.41) is 10.9. The number of furan rings is 1. The average molecular weight is 365 g/mol. The third kappa shape index (κ3) is 2.12. The Morgan fingerprint density at radius 3 is 2.65 bits per heavy atom. The van der Waals surface area contributed by atoms with Gasteiger partial charge in [0.1, 0.15) is 11.3 Å². The Balaban J connectivity index is 2.80. The van der Waals surface area contributed by atoms with Crippen LogP contribution in [-0.2, 0) is 0 Å². The van der Waals surface area contributed by atoms with Crippen molar-refractivity contribution >= 4 is 37.5 Å². The van der Waals surface area contributed by atoms with Gasteiger partial charge in [0.2, 0.25) is 0 Å². The molecule has 0 saturated heterocycles. The third-order valence-corrected chi connectivity index (χ3v) is 3.43. The lowest BCUT2D eigenvalue weighted by molar-refractivity contribution is -0.384. The molecule has 4 nitrogen and oxygen atoms in total. The molecule has 0 aliphatic carbocycles. The minimum absolute atomic E-state index is 0.00600. The van der Waals surface area contributed by atoms with E-state index in [9.17, 15) is 14.5 Å². The van der Waals surface area contributed by atoms with Crippen molar-refractivity contribution in [2.45, 2.75) is 0 Å². The first-order chi connectivity index (χ1) is 8.02. The highest BCUT2D eigenvalue weighted by Crippen LogP contribution is 2.41. The van der Waals surface area contributed by atoms with Gasteiger partial charge < -0.3 is 4.42 Å². The van der Waals surface area contributed by atoms with Gasteiger partial charge in [-0.3, -0.25) is 10.1 Å². The van der Waals surface area contributed by atoms with Crippen LogP contribution in [0.15, 0.2) is 37.8 Å². The number of hydrogen-bond donors (Lipinski definition) is 0. The lowest BCUT2D eigenvalue weighted by Gasteiger charge is -2.05. The lowest BCUT2D eigenvalue weighted by atomic mass is 10.1.